The lowest BCUT2D eigenvalue weighted by molar-refractivity contribution is -0.149. The molecule has 3 heterocycles. The lowest BCUT2D eigenvalue weighted by atomic mass is 9.99. The van der Waals surface area contributed by atoms with Crippen molar-refractivity contribution in [1.29, 1.82) is 0 Å². The largest absolute Gasteiger partial charge is 0.318 e. The molecule has 12 heteroatoms. The number of carbonyl (C=O) groups is 2. The summed E-state index contributed by atoms with van der Waals surface area (Å²) in [5.41, 5.74) is 6.86. The fraction of sp³-hybridized carbons (Fsp3) is 0.318. The quantitative estimate of drug-likeness (QED) is 0.641. The van der Waals surface area contributed by atoms with Crippen LogP contribution >= 0.6 is 23.2 Å². The Kier molecular flexibility index (Phi) is 6.61. The third-order valence-corrected chi connectivity index (χ3v) is 8.21. The van der Waals surface area contributed by atoms with Crippen LogP contribution in [0, 0.1) is 0 Å². The predicted octanol–water partition coefficient (Wildman–Crippen LogP) is 2.21. The van der Waals surface area contributed by atoms with Crippen molar-refractivity contribution in [1.82, 2.24) is 19.1 Å². The number of fused-ring (bicyclic) bond motifs is 1. The molecule has 0 radical (unpaired) electrons. The van der Waals surface area contributed by atoms with E-state index in [4.69, 9.17) is 28.9 Å². The lowest BCUT2D eigenvalue weighted by Crippen LogP contribution is -2.66. The van der Waals surface area contributed by atoms with Gasteiger partial charge in [-0.25, -0.2) is 12.7 Å². The van der Waals surface area contributed by atoms with Crippen molar-refractivity contribution in [3.63, 3.8) is 0 Å². The van der Waals surface area contributed by atoms with Gasteiger partial charge in [0.1, 0.15) is 22.8 Å². The van der Waals surface area contributed by atoms with Crippen LogP contribution in [0.25, 0.3) is 0 Å². The number of benzene rings is 1. The number of rotatable bonds is 5. The van der Waals surface area contributed by atoms with Gasteiger partial charge in [-0.2, -0.15) is 0 Å². The number of carbonyl (C=O) groups excluding carboxylic acids is 2. The van der Waals surface area contributed by atoms with E-state index in [-0.39, 0.29) is 45.7 Å². The zero-order valence-corrected chi connectivity index (χ0v) is 20.8. The van der Waals surface area contributed by atoms with Gasteiger partial charge >= 0.3 is 0 Å². The first kappa shape index (κ1) is 24.5. The Hall–Kier alpha value is -2.66. The topological polar surface area (TPSA) is 117 Å². The van der Waals surface area contributed by atoms with Gasteiger partial charge in [0, 0.05) is 36.1 Å². The minimum Gasteiger partial charge on any atom is -0.318 e. The van der Waals surface area contributed by atoms with Crippen LogP contribution in [0.5, 0.6) is 0 Å². The van der Waals surface area contributed by atoms with Gasteiger partial charge in [-0.15, -0.1) is 0 Å². The average Bonchev–Trinajstić information content (AvgIpc) is 2.77. The molecule has 2 aliphatic rings. The third kappa shape index (κ3) is 4.26. The highest BCUT2D eigenvalue weighted by molar-refractivity contribution is 7.89. The van der Waals surface area contributed by atoms with E-state index in [9.17, 15) is 18.0 Å². The molecule has 0 bridgehead atoms. The normalized spacial score (nSPS) is 21.1. The summed E-state index contributed by atoms with van der Waals surface area (Å²) in [5.74, 6) is -0.819. The molecule has 1 saturated heterocycles. The van der Waals surface area contributed by atoms with E-state index in [1.165, 1.54) is 34.2 Å². The van der Waals surface area contributed by atoms with Crippen LogP contribution < -0.4 is 5.73 Å². The Balaban J connectivity index is 1.85. The molecule has 2 atom stereocenters. The monoisotopic (exact) mass is 523 g/mol. The van der Waals surface area contributed by atoms with E-state index < -0.39 is 28.0 Å². The lowest BCUT2D eigenvalue weighted by Gasteiger charge is -2.48. The highest BCUT2D eigenvalue weighted by Crippen LogP contribution is 2.36. The van der Waals surface area contributed by atoms with Gasteiger partial charge in [0.05, 0.1) is 11.6 Å². The molecule has 9 nitrogen and oxygen atoms in total. The van der Waals surface area contributed by atoms with Gasteiger partial charge in [0.25, 0.3) is 10.0 Å². The highest BCUT2D eigenvalue weighted by atomic mass is 35.5. The number of nitrogens with two attached hydrogens (primary N) is 1. The second kappa shape index (κ2) is 9.18. The summed E-state index contributed by atoms with van der Waals surface area (Å²) in [6.07, 6.45) is 4.72. The summed E-state index contributed by atoms with van der Waals surface area (Å²) in [7, 11) is -4.25. The number of hydrogen-bond acceptors (Lipinski definition) is 6. The molecule has 0 aliphatic carbocycles. The molecule has 1 aromatic carbocycles. The maximum absolute atomic E-state index is 13.7. The first-order valence-corrected chi connectivity index (χ1v) is 12.7. The zero-order valence-electron chi connectivity index (χ0n) is 18.4. The van der Waals surface area contributed by atoms with Crippen LogP contribution in [0.1, 0.15) is 19.4 Å². The fourth-order valence-electron chi connectivity index (χ4n) is 4.02. The second-order valence-electron chi connectivity index (χ2n) is 8.33. The van der Waals surface area contributed by atoms with Crippen LogP contribution in [-0.2, 0) is 26.0 Å². The van der Waals surface area contributed by atoms with Crippen molar-refractivity contribution in [2.75, 3.05) is 6.54 Å². The molecular weight excluding hydrogens is 501 g/mol. The van der Waals surface area contributed by atoms with E-state index >= 15 is 0 Å². The fourth-order valence-corrected chi connectivity index (χ4v) is 6.24. The molecule has 180 valence electrons. The Labute approximate surface area is 207 Å². The third-order valence-electron chi connectivity index (χ3n) is 5.72. The van der Waals surface area contributed by atoms with Crippen LogP contribution in [0.3, 0.4) is 0 Å². The molecule has 0 spiro atoms. The molecule has 0 saturated carbocycles. The Bertz CT molecular complexity index is 1270. The van der Waals surface area contributed by atoms with Crippen molar-refractivity contribution in [2.45, 2.75) is 43.3 Å². The molecule has 2 unspecified atom stereocenters. The van der Waals surface area contributed by atoms with Gasteiger partial charge in [0.15, 0.2) is 0 Å². The molecular formula is C22H23Cl2N5O4S. The van der Waals surface area contributed by atoms with Crippen LogP contribution in [-0.4, -0.2) is 64.0 Å². The van der Waals surface area contributed by atoms with E-state index in [0.29, 0.717) is 0 Å². The van der Waals surface area contributed by atoms with Crippen molar-refractivity contribution in [3.8, 4) is 0 Å². The summed E-state index contributed by atoms with van der Waals surface area (Å²) >= 11 is 12.2. The molecule has 2 aliphatic heterocycles. The molecule has 4 rings (SSSR count). The van der Waals surface area contributed by atoms with Gasteiger partial charge in [-0.05, 0) is 49.7 Å². The predicted molar refractivity (Wildman–Crippen MR) is 127 cm³/mol. The smallest absolute Gasteiger partial charge is 0.267 e. The zero-order chi connectivity index (χ0) is 24.8. The molecule has 2 amide bonds. The summed E-state index contributed by atoms with van der Waals surface area (Å²) in [4.78, 5) is 33.1. The van der Waals surface area contributed by atoms with Gasteiger partial charge in [-0.3, -0.25) is 19.5 Å². The molecule has 2 aromatic rings. The summed E-state index contributed by atoms with van der Waals surface area (Å²) in [6.45, 7) is 3.31. The number of sulfonamides is 1. The van der Waals surface area contributed by atoms with E-state index in [2.05, 4.69) is 4.98 Å². The van der Waals surface area contributed by atoms with Crippen molar-refractivity contribution >= 4 is 45.0 Å². The van der Waals surface area contributed by atoms with Crippen molar-refractivity contribution in [3.05, 3.63) is 70.4 Å². The summed E-state index contributed by atoms with van der Waals surface area (Å²) < 4.78 is 28.4. The van der Waals surface area contributed by atoms with Gasteiger partial charge < -0.3 is 10.6 Å². The summed E-state index contributed by atoms with van der Waals surface area (Å²) in [5, 5.41) is 0.216. The molecule has 1 fully saturated rings. The Morgan fingerprint density at radius 2 is 1.79 bits per heavy atom. The number of halogens is 2. The van der Waals surface area contributed by atoms with E-state index in [1.807, 2.05) is 0 Å². The second-order valence-corrected chi connectivity index (χ2v) is 11.0. The maximum atomic E-state index is 13.7. The van der Waals surface area contributed by atoms with Crippen LogP contribution in [0.15, 0.2) is 59.6 Å². The maximum Gasteiger partial charge on any atom is 0.267 e. The minimum absolute atomic E-state index is 0.0464. The van der Waals surface area contributed by atoms with Crippen LogP contribution in [0.4, 0.5) is 0 Å². The van der Waals surface area contributed by atoms with Crippen molar-refractivity contribution in [2.24, 2.45) is 5.73 Å². The van der Waals surface area contributed by atoms with Gasteiger partial charge in [-0.1, -0.05) is 23.2 Å². The SMILES string of the molecule is CC(C)N1C=C2N(C(=O)C(N)CN2S(=O)(=O)c2ccc(Cl)cc2Cl)C(Cc2ccncc2)C1=O. The minimum atomic E-state index is -4.25. The van der Waals surface area contributed by atoms with Crippen molar-refractivity contribution < 1.29 is 18.0 Å². The summed E-state index contributed by atoms with van der Waals surface area (Å²) in [6, 6.07) is 5.08. The van der Waals surface area contributed by atoms with E-state index in [1.54, 1.807) is 38.4 Å². The Morgan fingerprint density at radius 3 is 2.41 bits per heavy atom. The number of amides is 2. The Morgan fingerprint density at radius 1 is 1.12 bits per heavy atom. The molecule has 34 heavy (non-hydrogen) atoms. The van der Waals surface area contributed by atoms with Crippen LogP contribution in [0.2, 0.25) is 10.0 Å². The number of hydrogen-bond donors (Lipinski definition) is 1. The van der Waals surface area contributed by atoms with E-state index in [0.717, 1.165) is 9.87 Å². The standard InChI is InChI=1S/C22H23Cl2N5O4S/c1-13(2)27-12-20-28(34(32,33)19-4-3-15(23)10-16(19)24)11-17(25)21(30)29(20)18(22(27)31)9-14-5-7-26-8-6-14/h3-8,10,12-13,17-18H,9,11,25H2,1-2H3. The van der Waals surface area contributed by atoms with Gasteiger partial charge in [0.2, 0.25) is 11.8 Å². The molecule has 1 aromatic heterocycles. The number of pyridine rings is 1. The highest BCUT2D eigenvalue weighted by Gasteiger charge is 2.49. The number of nitrogens with zero attached hydrogens (tertiary/aromatic N) is 4. The molecule has 2 N–H and O–H groups in total. The first-order chi connectivity index (χ1) is 16.0. The average molecular weight is 524 g/mol. The first-order valence-electron chi connectivity index (χ1n) is 10.5. The number of aromatic nitrogens is 1.